The van der Waals surface area contributed by atoms with Gasteiger partial charge in [0.25, 0.3) is 0 Å². The van der Waals surface area contributed by atoms with Crippen molar-refractivity contribution in [3.05, 3.63) is 23.3 Å². The van der Waals surface area contributed by atoms with Gasteiger partial charge in [0.05, 0.1) is 12.5 Å². The third kappa shape index (κ3) is 3.47. The Bertz CT molecular complexity index is 395. The summed E-state index contributed by atoms with van der Waals surface area (Å²) >= 11 is 0. The summed E-state index contributed by atoms with van der Waals surface area (Å²) in [6.45, 7) is 4.77. The topological polar surface area (TPSA) is 35.5 Å². The molecule has 106 valence electrons. The highest BCUT2D eigenvalue weighted by Crippen LogP contribution is 2.35. The molecule has 1 aliphatic carbocycles. The van der Waals surface area contributed by atoms with E-state index in [1.54, 1.807) is 7.11 Å². The number of allylic oxidation sites excluding steroid dienone is 3. The summed E-state index contributed by atoms with van der Waals surface area (Å²) in [7, 11) is 1.65. The highest BCUT2D eigenvalue weighted by atomic mass is 16.6. The van der Waals surface area contributed by atoms with E-state index in [2.05, 4.69) is 26.0 Å². The molecule has 0 amide bonds. The minimum Gasteiger partial charge on any atom is -0.458 e. The summed E-state index contributed by atoms with van der Waals surface area (Å²) in [6, 6.07) is 0. The van der Waals surface area contributed by atoms with E-state index in [0.29, 0.717) is 6.61 Å². The maximum atomic E-state index is 12.0. The number of ether oxygens (including phenoxy) is 2. The van der Waals surface area contributed by atoms with Gasteiger partial charge in [0.15, 0.2) is 0 Å². The molecule has 1 fully saturated rings. The first-order valence-electron chi connectivity index (χ1n) is 7.14. The van der Waals surface area contributed by atoms with Crippen molar-refractivity contribution in [3.8, 4) is 0 Å². The molecule has 3 heteroatoms. The van der Waals surface area contributed by atoms with Gasteiger partial charge in [-0.3, -0.25) is 4.79 Å². The molecule has 0 aromatic carbocycles. The van der Waals surface area contributed by atoms with Gasteiger partial charge < -0.3 is 9.47 Å². The van der Waals surface area contributed by atoms with Gasteiger partial charge >= 0.3 is 5.97 Å². The van der Waals surface area contributed by atoms with Gasteiger partial charge in [0.2, 0.25) is 0 Å². The summed E-state index contributed by atoms with van der Waals surface area (Å²) in [5.41, 5.74) is 2.73. The Morgan fingerprint density at radius 1 is 1.32 bits per heavy atom. The SMILES string of the molecule is COCC1C(=O)OC2/C=C(\C)CC/C=C(\C)CCC21. The molecular weight excluding hydrogens is 240 g/mol. The van der Waals surface area contributed by atoms with Gasteiger partial charge in [-0.25, -0.2) is 0 Å². The fraction of sp³-hybridized carbons (Fsp3) is 0.688. The molecule has 1 saturated heterocycles. The predicted molar refractivity (Wildman–Crippen MR) is 74.7 cm³/mol. The van der Waals surface area contributed by atoms with Crippen LogP contribution in [0.25, 0.3) is 0 Å². The van der Waals surface area contributed by atoms with Crippen LogP contribution in [-0.4, -0.2) is 25.8 Å². The molecule has 0 aromatic heterocycles. The molecule has 1 aliphatic heterocycles. The Kier molecular flexibility index (Phi) is 4.81. The van der Waals surface area contributed by atoms with E-state index in [-0.39, 0.29) is 23.9 Å². The van der Waals surface area contributed by atoms with Crippen LogP contribution in [0.3, 0.4) is 0 Å². The summed E-state index contributed by atoms with van der Waals surface area (Å²) in [6.07, 6.45) is 8.58. The predicted octanol–water partition coefficient (Wildman–Crippen LogP) is 3.26. The molecule has 0 radical (unpaired) electrons. The van der Waals surface area contributed by atoms with Crippen molar-refractivity contribution >= 4 is 5.97 Å². The summed E-state index contributed by atoms with van der Waals surface area (Å²) in [4.78, 5) is 12.0. The number of hydrogen-bond donors (Lipinski definition) is 0. The van der Waals surface area contributed by atoms with Gasteiger partial charge in [-0.15, -0.1) is 0 Å². The molecule has 3 atom stereocenters. The van der Waals surface area contributed by atoms with Crippen molar-refractivity contribution in [1.82, 2.24) is 0 Å². The van der Waals surface area contributed by atoms with Crippen LogP contribution in [0.5, 0.6) is 0 Å². The summed E-state index contributed by atoms with van der Waals surface area (Å²) < 4.78 is 10.7. The lowest BCUT2D eigenvalue weighted by Crippen LogP contribution is -2.24. The van der Waals surface area contributed by atoms with Crippen LogP contribution < -0.4 is 0 Å². The number of rotatable bonds is 2. The van der Waals surface area contributed by atoms with Gasteiger partial charge in [-0.1, -0.05) is 17.2 Å². The number of carbonyl (C=O) groups is 1. The van der Waals surface area contributed by atoms with E-state index >= 15 is 0 Å². The quantitative estimate of drug-likeness (QED) is 0.567. The van der Waals surface area contributed by atoms with Crippen LogP contribution in [0, 0.1) is 11.8 Å². The monoisotopic (exact) mass is 264 g/mol. The molecule has 1 heterocycles. The van der Waals surface area contributed by atoms with E-state index in [4.69, 9.17) is 9.47 Å². The molecule has 2 rings (SSSR count). The molecular formula is C16H24O3. The Hall–Kier alpha value is -1.09. The number of esters is 1. The van der Waals surface area contributed by atoms with Crippen molar-refractivity contribution in [2.75, 3.05) is 13.7 Å². The molecule has 3 nitrogen and oxygen atoms in total. The average molecular weight is 264 g/mol. The van der Waals surface area contributed by atoms with E-state index < -0.39 is 0 Å². The molecule has 0 saturated carbocycles. The Labute approximate surface area is 115 Å². The number of fused-ring (bicyclic) bond motifs is 1. The number of carbonyl (C=O) groups excluding carboxylic acids is 1. The van der Waals surface area contributed by atoms with Gasteiger partial charge in [0, 0.05) is 13.0 Å². The third-order valence-electron chi connectivity index (χ3n) is 4.19. The molecule has 0 N–H and O–H groups in total. The lowest BCUT2D eigenvalue weighted by atomic mass is 9.84. The van der Waals surface area contributed by atoms with Crippen LogP contribution in [0.4, 0.5) is 0 Å². The second kappa shape index (κ2) is 6.38. The molecule has 0 bridgehead atoms. The second-order valence-electron chi connectivity index (χ2n) is 5.77. The zero-order valence-electron chi connectivity index (χ0n) is 12.1. The smallest absolute Gasteiger partial charge is 0.312 e. The lowest BCUT2D eigenvalue weighted by molar-refractivity contribution is -0.144. The summed E-state index contributed by atoms with van der Waals surface area (Å²) in [5.74, 6) is 0.0527. The van der Waals surface area contributed by atoms with E-state index in [1.807, 2.05) is 0 Å². The first-order valence-corrected chi connectivity index (χ1v) is 7.14. The normalized spacial score (nSPS) is 37.6. The van der Waals surface area contributed by atoms with Crippen molar-refractivity contribution in [1.29, 1.82) is 0 Å². The van der Waals surface area contributed by atoms with E-state index in [1.165, 1.54) is 11.1 Å². The van der Waals surface area contributed by atoms with Gasteiger partial charge in [-0.2, -0.15) is 0 Å². The van der Waals surface area contributed by atoms with Crippen molar-refractivity contribution in [2.45, 2.75) is 45.6 Å². The number of methoxy groups -OCH3 is 1. The fourth-order valence-electron chi connectivity index (χ4n) is 3.01. The lowest BCUT2D eigenvalue weighted by Gasteiger charge is -2.20. The maximum absolute atomic E-state index is 12.0. The number of hydrogen-bond acceptors (Lipinski definition) is 3. The molecule has 0 spiro atoms. The molecule has 19 heavy (non-hydrogen) atoms. The van der Waals surface area contributed by atoms with Gasteiger partial charge in [0.1, 0.15) is 6.10 Å². The van der Waals surface area contributed by atoms with Crippen molar-refractivity contribution < 1.29 is 14.3 Å². The van der Waals surface area contributed by atoms with Crippen LogP contribution in [0.15, 0.2) is 23.3 Å². The highest BCUT2D eigenvalue weighted by Gasteiger charge is 2.43. The third-order valence-corrected chi connectivity index (χ3v) is 4.19. The van der Waals surface area contributed by atoms with Crippen LogP contribution in [0.2, 0.25) is 0 Å². The standard InChI is InChI=1S/C16H24O3/c1-11-5-4-6-12(2)9-15-13(8-7-11)14(10-18-3)16(17)19-15/h5,9,13-15H,4,6-8,10H2,1-3H3/b11-5+,12-9+. The second-order valence-corrected chi connectivity index (χ2v) is 5.77. The van der Waals surface area contributed by atoms with Crippen molar-refractivity contribution in [2.24, 2.45) is 11.8 Å². The minimum atomic E-state index is -0.105. The van der Waals surface area contributed by atoms with Crippen molar-refractivity contribution in [3.63, 3.8) is 0 Å². The Morgan fingerprint density at radius 2 is 2.11 bits per heavy atom. The van der Waals surface area contributed by atoms with Crippen LogP contribution >= 0.6 is 0 Å². The molecule has 2 aliphatic rings. The Balaban J connectivity index is 2.20. The fourth-order valence-corrected chi connectivity index (χ4v) is 3.01. The molecule has 0 aromatic rings. The van der Waals surface area contributed by atoms with E-state index in [0.717, 1.165) is 25.7 Å². The first-order chi connectivity index (χ1) is 9.11. The first kappa shape index (κ1) is 14.3. The van der Waals surface area contributed by atoms with Crippen LogP contribution in [0.1, 0.15) is 39.5 Å². The van der Waals surface area contributed by atoms with Gasteiger partial charge in [-0.05, 0) is 45.6 Å². The summed E-state index contributed by atoms with van der Waals surface area (Å²) in [5, 5.41) is 0. The van der Waals surface area contributed by atoms with E-state index in [9.17, 15) is 4.79 Å². The van der Waals surface area contributed by atoms with Crippen LogP contribution in [-0.2, 0) is 14.3 Å². The largest absolute Gasteiger partial charge is 0.458 e. The maximum Gasteiger partial charge on any atom is 0.312 e. The average Bonchev–Trinajstić information content (AvgIpc) is 2.63. The molecule has 3 unspecified atom stereocenters. The Morgan fingerprint density at radius 3 is 2.84 bits per heavy atom. The zero-order chi connectivity index (χ0) is 13.8. The minimum absolute atomic E-state index is 0.0569. The highest BCUT2D eigenvalue weighted by molar-refractivity contribution is 5.75. The zero-order valence-corrected chi connectivity index (χ0v) is 12.1.